The van der Waals surface area contributed by atoms with Gasteiger partial charge in [0.15, 0.2) is 0 Å². The van der Waals surface area contributed by atoms with Crippen LogP contribution in [0.15, 0.2) is 11.6 Å². The van der Waals surface area contributed by atoms with Crippen LogP contribution in [0.25, 0.3) is 0 Å². The molecule has 3 fully saturated rings. The first kappa shape index (κ1) is 21.9. The van der Waals surface area contributed by atoms with Gasteiger partial charge in [0.2, 0.25) is 0 Å². The number of rotatable bonds is 7. The fourth-order valence-corrected chi connectivity index (χ4v) is 8.38. The second-order valence-electron chi connectivity index (χ2n) is 11.5. The second-order valence-corrected chi connectivity index (χ2v) is 11.5. The zero-order chi connectivity index (χ0) is 20.6. The fraction of sp³-hybridized carbons (Fsp3) is 0.926. The second kappa shape index (κ2) is 8.65. The average Bonchev–Trinajstić information content (AvgIpc) is 3.05. The van der Waals surface area contributed by atoms with Crippen LogP contribution in [-0.2, 0) is 4.74 Å². The van der Waals surface area contributed by atoms with Crippen LogP contribution < -0.4 is 0 Å². The molecular weight excluding hydrogens is 356 g/mol. The van der Waals surface area contributed by atoms with Crippen molar-refractivity contribution in [3.63, 3.8) is 0 Å². The van der Waals surface area contributed by atoms with Crippen LogP contribution in [0.2, 0.25) is 0 Å². The van der Waals surface area contributed by atoms with Gasteiger partial charge in [-0.2, -0.15) is 0 Å². The Balaban J connectivity index is 1.42. The van der Waals surface area contributed by atoms with Crippen LogP contribution in [-0.4, -0.2) is 23.9 Å². The number of ether oxygens (including phenoxy) is 1. The van der Waals surface area contributed by atoms with Gasteiger partial charge in [-0.1, -0.05) is 51.7 Å². The van der Waals surface area contributed by atoms with Gasteiger partial charge in [-0.25, -0.2) is 0 Å². The Hall–Kier alpha value is -0.340. The first-order valence-corrected chi connectivity index (χ1v) is 12.9. The predicted octanol–water partition coefficient (Wildman–Crippen LogP) is 6.91. The zero-order valence-electron chi connectivity index (χ0n) is 19.6. The highest BCUT2D eigenvalue weighted by atomic mass is 16.5. The minimum absolute atomic E-state index is 0.142. The molecule has 0 radical (unpaired) electrons. The molecule has 0 aromatic rings. The zero-order valence-corrected chi connectivity index (χ0v) is 19.6. The fourth-order valence-electron chi connectivity index (χ4n) is 8.38. The maximum atomic E-state index is 10.4. The van der Waals surface area contributed by atoms with Gasteiger partial charge < -0.3 is 9.84 Å². The number of hydrogen-bond acceptors (Lipinski definition) is 2. The first-order valence-electron chi connectivity index (χ1n) is 12.9. The lowest BCUT2D eigenvalue weighted by atomic mass is 9.47. The highest BCUT2D eigenvalue weighted by Crippen LogP contribution is 2.66. The van der Waals surface area contributed by atoms with Crippen LogP contribution >= 0.6 is 0 Å². The minimum Gasteiger partial charge on any atom is -0.393 e. The molecule has 0 spiro atoms. The normalized spacial score (nSPS) is 45.1. The number of aliphatic hydroxyl groups is 1. The van der Waals surface area contributed by atoms with E-state index in [9.17, 15) is 5.11 Å². The van der Waals surface area contributed by atoms with Crippen LogP contribution in [0.4, 0.5) is 0 Å². The summed E-state index contributed by atoms with van der Waals surface area (Å²) < 4.78 is 6.32. The lowest BCUT2D eigenvalue weighted by Crippen LogP contribution is -2.51. The summed E-state index contributed by atoms with van der Waals surface area (Å²) in [6, 6.07) is 0. The van der Waals surface area contributed by atoms with Gasteiger partial charge in [-0.3, -0.25) is 0 Å². The molecule has 0 saturated heterocycles. The van der Waals surface area contributed by atoms with E-state index in [0.29, 0.717) is 22.9 Å². The van der Waals surface area contributed by atoms with Crippen molar-refractivity contribution in [1.82, 2.24) is 0 Å². The topological polar surface area (TPSA) is 29.5 Å². The summed E-state index contributed by atoms with van der Waals surface area (Å²) in [6.07, 6.45) is 18.5. The van der Waals surface area contributed by atoms with Gasteiger partial charge in [-0.15, -0.1) is 0 Å². The molecule has 4 aliphatic rings. The first-order chi connectivity index (χ1) is 13.9. The van der Waals surface area contributed by atoms with Crippen LogP contribution in [0.5, 0.6) is 0 Å². The van der Waals surface area contributed by atoms with Gasteiger partial charge in [0.25, 0.3) is 0 Å². The third-order valence-corrected chi connectivity index (χ3v) is 10.1. The smallest absolute Gasteiger partial charge is 0.0612 e. The Morgan fingerprint density at radius 3 is 2.66 bits per heavy atom. The lowest BCUT2D eigenvalue weighted by molar-refractivity contribution is -0.0725. The van der Waals surface area contributed by atoms with Crippen molar-refractivity contribution >= 4 is 0 Å². The van der Waals surface area contributed by atoms with E-state index in [0.717, 1.165) is 24.4 Å². The highest BCUT2D eigenvalue weighted by Gasteiger charge is 2.59. The van der Waals surface area contributed by atoms with E-state index >= 15 is 0 Å². The average molecular weight is 403 g/mol. The van der Waals surface area contributed by atoms with Crippen molar-refractivity contribution in [3.8, 4) is 0 Å². The van der Waals surface area contributed by atoms with Crippen molar-refractivity contribution < 1.29 is 9.84 Å². The van der Waals surface area contributed by atoms with Gasteiger partial charge in [0.1, 0.15) is 0 Å². The van der Waals surface area contributed by atoms with Gasteiger partial charge in [-0.05, 0) is 99.2 Å². The lowest BCUT2D eigenvalue weighted by Gasteiger charge is -2.58. The van der Waals surface area contributed by atoms with Crippen LogP contribution in [0, 0.1) is 34.5 Å². The summed E-state index contributed by atoms with van der Waals surface area (Å²) in [5, 5.41) is 10.4. The van der Waals surface area contributed by atoms with Gasteiger partial charge in [0, 0.05) is 6.61 Å². The van der Waals surface area contributed by atoms with Gasteiger partial charge in [0.05, 0.1) is 12.2 Å². The molecule has 0 bridgehead atoms. The third-order valence-electron chi connectivity index (χ3n) is 10.1. The number of allylic oxidation sites excluding steroid dienone is 1. The monoisotopic (exact) mass is 402 g/mol. The third kappa shape index (κ3) is 3.86. The number of fused-ring (bicyclic) bond motifs is 5. The van der Waals surface area contributed by atoms with E-state index in [1.165, 1.54) is 77.0 Å². The maximum absolute atomic E-state index is 10.4. The SMILES string of the molecule is CCCCCCOC1CC[C@@]2(C)C(=CC[C@H]3[C@@H]4CC[C@H](C(C)O)[C@@]4(C)CC[C@@H]32)C1. The van der Waals surface area contributed by atoms with Gasteiger partial charge >= 0.3 is 0 Å². The highest BCUT2D eigenvalue weighted by molar-refractivity contribution is 5.25. The standard InChI is InChI=1S/C27H46O2/c1-5-6-7-8-17-29-21-13-15-26(3)20(18-21)9-10-22-24-12-11-23(19(2)28)27(24,4)16-14-25(22)26/h9,19,21-25,28H,5-8,10-18H2,1-4H3/t19?,21?,22-,23+,24-,25-,26-,27+/m0/s1. The van der Waals surface area contributed by atoms with E-state index < -0.39 is 0 Å². The molecule has 0 aliphatic heterocycles. The van der Waals surface area contributed by atoms with Crippen LogP contribution in [0.1, 0.15) is 105 Å². The molecule has 8 atom stereocenters. The number of unbranched alkanes of at least 4 members (excludes halogenated alkanes) is 3. The molecule has 1 N–H and O–H groups in total. The van der Waals surface area contributed by atoms with E-state index in [4.69, 9.17) is 4.74 Å². The quantitative estimate of drug-likeness (QED) is 0.370. The number of hydrogen-bond donors (Lipinski definition) is 1. The summed E-state index contributed by atoms with van der Waals surface area (Å²) in [7, 11) is 0. The Morgan fingerprint density at radius 2 is 1.90 bits per heavy atom. The van der Waals surface area contributed by atoms with E-state index in [2.05, 4.69) is 26.8 Å². The Labute approximate surface area is 179 Å². The van der Waals surface area contributed by atoms with Crippen molar-refractivity contribution in [2.45, 2.75) is 117 Å². The predicted molar refractivity (Wildman–Crippen MR) is 121 cm³/mol. The molecule has 3 saturated carbocycles. The molecular formula is C27H46O2. The molecule has 2 nitrogen and oxygen atoms in total. The summed E-state index contributed by atoms with van der Waals surface area (Å²) >= 11 is 0. The molecule has 4 rings (SSSR count). The molecule has 2 unspecified atom stereocenters. The summed E-state index contributed by atoms with van der Waals surface area (Å²) in [4.78, 5) is 0. The molecule has 0 aromatic carbocycles. The molecule has 4 aliphatic carbocycles. The number of aliphatic hydroxyl groups excluding tert-OH is 1. The van der Waals surface area contributed by atoms with Crippen molar-refractivity contribution in [1.29, 1.82) is 0 Å². The Kier molecular flexibility index (Phi) is 6.53. The summed E-state index contributed by atoms with van der Waals surface area (Å²) in [5.74, 6) is 3.04. The molecule has 166 valence electrons. The molecule has 0 amide bonds. The van der Waals surface area contributed by atoms with E-state index in [1.807, 2.05) is 6.92 Å². The Bertz CT molecular complexity index is 595. The van der Waals surface area contributed by atoms with Crippen molar-refractivity contribution in [2.75, 3.05) is 6.61 Å². The van der Waals surface area contributed by atoms with Crippen molar-refractivity contribution in [2.24, 2.45) is 34.5 Å². The maximum Gasteiger partial charge on any atom is 0.0612 e. The van der Waals surface area contributed by atoms with Crippen molar-refractivity contribution in [3.05, 3.63) is 11.6 Å². The molecule has 29 heavy (non-hydrogen) atoms. The summed E-state index contributed by atoms with van der Waals surface area (Å²) in [5.41, 5.74) is 2.52. The largest absolute Gasteiger partial charge is 0.393 e. The van der Waals surface area contributed by atoms with Crippen LogP contribution in [0.3, 0.4) is 0 Å². The molecule has 2 heteroatoms. The Morgan fingerprint density at radius 1 is 1.07 bits per heavy atom. The van der Waals surface area contributed by atoms with E-state index in [-0.39, 0.29) is 6.10 Å². The molecule has 0 heterocycles. The van der Waals surface area contributed by atoms with E-state index in [1.54, 1.807) is 5.57 Å². The minimum atomic E-state index is -0.142. The molecule has 0 aromatic heterocycles. The summed E-state index contributed by atoms with van der Waals surface area (Å²) in [6.45, 7) is 10.4.